The maximum absolute atomic E-state index is 11.7. The number of nitroso groups, excluding NO2 is 1. The van der Waals surface area contributed by atoms with Gasteiger partial charge in [-0.25, -0.2) is 8.42 Å². The summed E-state index contributed by atoms with van der Waals surface area (Å²) in [4.78, 5) is 10.8. The molecular formula is C11H14INO4S. The second kappa shape index (κ2) is 5.12. The molecule has 5 nitrogen and oxygen atoms in total. The molecule has 0 spiro atoms. The van der Waals surface area contributed by atoms with Gasteiger partial charge in [0.15, 0.2) is 11.4 Å². The Morgan fingerprint density at radius 2 is 1.83 bits per heavy atom. The van der Waals surface area contributed by atoms with Crippen LogP contribution in [-0.2, 0) is 12.4 Å². The Bertz CT molecular complexity index is 575. The van der Waals surface area contributed by atoms with Crippen molar-refractivity contribution >= 4 is 33.9 Å². The number of hydrogen-bond acceptors (Lipinski definition) is 5. The molecule has 0 fully saturated rings. The van der Waals surface area contributed by atoms with E-state index in [1.807, 2.05) is 20.8 Å². The van der Waals surface area contributed by atoms with E-state index >= 15 is 0 Å². The number of methoxy groups -OCH3 is 1. The summed E-state index contributed by atoms with van der Waals surface area (Å²) in [6.07, 6.45) is 0. The number of halogens is 1. The molecule has 0 aliphatic carbocycles. The Hall–Kier alpha value is -0.700. The second-order valence-electron chi connectivity index (χ2n) is 4.81. The van der Waals surface area contributed by atoms with Crippen molar-refractivity contribution in [2.75, 3.05) is 7.11 Å². The van der Waals surface area contributed by atoms with Crippen molar-refractivity contribution in [2.45, 2.75) is 31.1 Å². The highest BCUT2D eigenvalue weighted by atomic mass is 127. The molecule has 0 aliphatic heterocycles. The number of benzene rings is 1. The predicted octanol–water partition coefficient (Wildman–Crippen LogP) is 3.51. The van der Waals surface area contributed by atoms with E-state index in [1.165, 1.54) is 34.4 Å². The summed E-state index contributed by atoms with van der Waals surface area (Å²) in [5, 5.41) is 2.85. The number of nitrogens with zero attached hydrogens (tertiary/aromatic N) is 1. The summed E-state index contributed by atoms with van der Waals surface area (Å²) < 4.78 is 28.4. The second-order valence-corrected chi connectivity index (χ2v) is 9.60. The molecule has 0 saturated heterocycles. The summed E-state index contributed by atoms with van der Waals surface area (Å²) in [6, 6.07) is 3.08. The maximum atomic E-state index is 11.7. The normalized spacial score (nSPS) is 12.3. The minimum absolute atomic E-state index is 0.000154. The Balaban J connectivity index is 3.73. The van der Waals surface area contributed by atoms with Gasteiger partial charge in [-0.3, -0.25) is 0 Å². The molecular weight excluding hydrogens is 369 g/mol. The van der Waals surface area contributed by atoms with Gasteiger partial charge in [-0.1, -0.05) is 20.8 Å². The molecule has 18 heavy (non-hydrogen) atoms. The monoisotopic (exact) mass is 383 g/mol. The van der Waals surface area contributed by atoms with Crippen LogP contribution in [0.25, 0.3) is 0 Å². The highest BCUT2D eigenvalue weighted by Crippen LogP contribution is 2.40. The molecule has 7 heteroatoms. The lowest BCUT2D eigenvalue weighted by Crippen LogP contribution is -2.12. The van der Waals surface area contributed by atoms with Crippen LogP contribution >= 0.6 is 21.2 Å². The van der Waals surface area contributed by atoms with E-state index in [2.05, 4.69) is 5.18 Å². The van der Waals surface area contributed by atoms with Crippen LogP contribution in [0, 0.1) is 4.91 Å². The van der Waals surface area contributed by atoms with Gasteiger partial charge in [0, 0.05) is 0 Å². The van der Waals surface area contributed by atoms with E-state index in [-0.39, 0.29) is 21.7 Å². The number of rotatable bonds is 3. The zero-order valence-corrected chi connectivity index (χ0v) is 13.5. The highest BCUT2D eigenvalue weighted by Gasteiger charge is 2.25. The summed E-state index contributed by atoms with van der Waals surface area (Å²) in [7, 11) is -2.20. The van der Waals surface area contributed by atoms with Crippen LogP contribution in [0.2, 0.25) is 0 Å². The van der Waals surface area contributed by atoms with Gasteiger partial charge in [0.2, 0.25) is 7.01 Å². The quantitative estimate of drug-likeness (QED) is 0.455. The van der Waals surface area contributed by atoms with Gasteiger partial charge in [0.25, 0.3) is 0 Å². The van der Waals surface area contributed by atoms with Gasteiger partial charge in [-0.15, -0.1) is 4.91 Å². The molecule has 0 aromatic heterocycles. The average molecular weight is 383 g/mol. The summed E-state index contributed by atoms with van der Waals surface area (Å²) in [6.45, 7) is 5.77. The van der Waals surface area contributed by atoms with Crippen molar-refractivity contribution in [3.8, 4) is 5.75 Å². The van der Waals surface area contributed by atoms with Crippen molar-refractivity contribution in [3.05, 3.63) is 22.6 Å². The Labute approximate surface area is 118 Å². The minimum Gasteiger partial charge on any atom is -0.493 e. The molecule has 0 aliphatic rings. The smallest absolute Gasteiger partial charge is 0.234 e. The Kier molecular flexibility index (Phi) is 4.37. The van der Waals surface area contributed by atoms with Crippen LogP contribution in [0.15, 0.2) is 22.2 Å². The lowest BCUT2D eigenvalue weighted by Gasteiger charge is -2.21. The number of hydrogen-bond donors (Lipinski definition) is 0. The number of ether oxygens (including phenoxy) is 1. The average Bonchev–Trinajstić information content (AvgIpc) is 2.24. The van der Waals surface area contributed by atoms with E-state index in [9.17, 15) is 13.3 Å². The van der Waals surface area contributed by atoms with Crippen molar-refractivity contribution in [1.29, 1.82) is 0 Å². The van der Waals surface area contributed by atoms with Crippen LogP contribution in [-0.4, -0.2) is 15.5 Å². The maximum Gasteiger partial charge on any atom is 0.234 e. The molecule has 0 saturated carbocycles. The predicted molar refractivity (Wildman–Crippen MR) is 78.4 cm³/mol. The topological polar surface area (TPSA) is 72.8 Å². The highest BCUT2D eigenvalue weighted by molar-refractivity contribution is 14.2. The Morgan fingerprint density at radius 1 is 1.28 bits per heavy atom. The fourth-order valence-corrected chi connectivity index (χ4v) is 3.13. The third kappa shape index (κ3) is 3.19. The SMILES string of the molecule is COc1c(N=O)cc(C(C)(C)C)cc1S(=O)(=O)I. The fraction of sp³-hybridized carbons (Fsp3) is 0.455. The standard InChI is InChI=1S/C11H14INO4S/c1-11(2,3)7-5-8(13-14)10(17-4)9(6-7)18(12,15)16/h5-6H,1-4H3. The van der Waals surface area contributed by atoms with Crippen molar-refractivity contribution in [2.24, 2.45) is 5.18 Å². The van der Waals surface area contributed by atoms with Gasteiger partial charge < -0.3 is 4.74 Å². The van der Waals surface area contributed by atoms with Gasteiger partial charge in [-0.05, 0) is 28.3 Å². The molecule has 100 valence electrons. The van der Waals surface area contributed by atoms with Crippen LogP contribution in [0.3, 0.4) is 0 Å². The van der Waals surface area contributed by atoms with Gasteiger partial charge in [-0.2, -0.15) is 0 Å². The van der Waals surface area contributed by atoms with Crippen LogP contribution in [0.5, 0.6) is 5.75 Å². The van der Waals surface area contributed by atoms with Crippen LogP contribution < -0.4 is 4.74 Å². The molecule has 0 atom stereocenters. The summed E-state index contributed by atoms with van der Waals surface area (Å²) in [5.41, 5.74) is 0.426. The van der Waals surface area contributed by atoms with Crippen LogP contribution in [0.1, 0.15) is 26.3 Å². The first-order valence-corrected chi connectivity index (χ1v) is 9.14. The summed E-state index contributed by atoms with van der Waals surface area (Å²) >= 11 is 1.32. The third-order valence-electron chi connectivity index (χ3n) is 2.47. The fourth-order valence-electron chi connectivity index (χ4n) is 1.47. The van der Waals surface area contributed by atoms with Gasteiger partial charge in [0.05, 0.1) is 28.3 Å². The summed E-state index contributed by atoms with van der Waals surface area (Å²) in [5.74, 6) is -0.00704. The lowest BCUT2D eigenvalue weighted by atomic mass is 9.87. The van der Waals surface area contributed by atoms with E-state index in [0.717, 1.165) is 0 Å². The third-order valence-corrected chi connectivity index (χ3v) is 4.72. The van der Waals surface area contributed by atoms with E-state index in [0.29, 0.717) is 5.56 Å². The van der Waals surface area contributed by atoms with E-state index < -0.39 is 7.01 Å². The van der Waals surface area contributed by atoms with E-state index in [4.69, 9.17) is 4.74 Å². The van der Waals surface area contributed by atoms with Crippen molar-refractivity contribution < 1.29 is 13.2 Å². The van der Waals surface area contributed by atoms with Gasteiger partial charge >= 0.3 is 0 Å². The van der Waals surface area contributed by atoms with Crippen molar-refractivity contribution in [3.63, 3.8) is 0 Å². The molecule has 1 aromatic carbocycles. The Morgan fingerprint density at radius 3 is 2.17 bits per heavy atom. The van der Waals surface area contributed by atoms with E-state index in [1.54, 1.807) is 6.07 Å². The zero-order chi connectivity index (χ0) is 14.1. The molecule has 1 aromatic rings. The molecule has 0 N–H and O–H groups in total. The molecule has 1 rings (SSSR count). The molecule has 0 bridgehead atoms. The lowest BCUT2D eigenvalue weighted by molar-refractivity contribution is 0.404. The molecule has 0 heterocycles. The minimum atomic E-state index is -3.51. The first-order valence-electron chi connectivity index (χ1n) is 5.12. The zero-order valence-electron chi connectivity index (χ0n) is 10.5. The first-order chi connectivity index (χ1) is 8.11. The van der Waals surface area contributed by atoms with Crippen molar-refractivity contribution in [1.82, 2.24) is 0 Å². The molecule has 0 unspecified atom stereocenters. The molecule has 0 radical (unpaired) electrons. The largest absolute Gasteiger partial charge is 0.493 e. The van der Waals surface area contributed by atoms with Crippen LogP contribution in [0.4, 0.5) is 5.69 Å². The van der Waals surface area contributed by atoms with Gasteiger partial charge in [0.1, 0.15) is 4.90 Å². The molecule has 0 amide bonds. The first kappa shape index (κ1) is 15.4.